The Bertz CT molecular complexity index is 619. The molecule has 3 N–H and O–H groups in total. The van der Waals surface area contributed by atoms with Crippen LogP contribution < -0.4 is 5.32 Å². The van der Waals surface area contributed by atoms with Crippen LogP contribution in [0.25, 0.3) is 0 Å². The number of anilines is 1. The minimum absolute atomic E-state index is 0.0293. The van der Waals surface area contributed by atoms with E-state index >= 15 is 0 Å². The van der Waals surface area contributed by atoms with E-state index in [0.29, 0.717) is 5.69 Å². The lowest BCUT2D eigenvalue weighted by Crippen LogP contribution is -2.15. The first-order valence-electron chi connectivity index (χ1n) is 5.97. The van der Waals surface area contributed by atoms with E-state index < -0.39 is 12.1 Å². The zero-order valence-electron chi connectivity index (χ0n) is 10.8. The van der Waals surface area contributed by atoms with Crippen LogP contribution in [0.3, 0.4) is 0 Å². The van der Waals surface area contributed by atoms with Gasteiger partial charge in [-0.2, -0.15) is 0 Å². The minimum Gasteiger partial charge on any atom is -0.478 e. The molecule has 0 unspecified atom stereocenters. The Morgan fingerprint density at radius 1 is 1.30 bits per heavy atom. The number of amides is 1. The summed E-state index contributed by atoms with van der Waals surface area (Å²) >= 11 is 0. The monoisotopic (exact) mass is 274 g/mol. The second-order valence-electron chi connectivity index (χ2n) is 4.19. The number of rotatable bonds is 4. The van der Waals surface area contributed by atoms with Gasteiger partial charge in [-0.3, -0.25) is 5.32 Å². The largest absolute Gasteiger partial charge is 0.478 e. The summed E-state index contributed by atoms with van der Waals surface area (Å²) in [5.74, 6) is -1.11. The van der Waals surface area contributed by atoms with Crippen molar-refractivity contribution >= 4 is 17.7 Å². The van der Waals surface area contributed by atoms with Crippen molar-refractivity contribution in [2.75, 3.05) is 5.32 Å². The summed E-state index contributed by atoms with van der Waals surface area (Å²) in [6, 6.07) is 9.21. The number of benzene rings is 1. The van der Waals surface area contributed by atoms with Gasteiger partial charge in [0.25, 0.3) is 0 Å². The topological polar surface area (TPSA) is 91.4 Å². The molecule has 0 aliphatic carbocycles. The molecule has 1 aromatic heterocycles. The van der Waals surface area contributed by atoms with Crippen molar-refractivity contribution < 1.29 is 19.4 Å². The van der Waals surface area contributed by atoms with Gasteiger partial charge in [0.2, 0.25) is 0 Å². The van der Waals surface area contributed by atoms with E-state index in [4.69, 9.17) is 9.84 Å². The predicted octanol–water partition coefficient (Wildman–Crippen LogP) is 2.77. The summed E-state index contributed by atoms with van der Waals surface area (Å²) in [5.41, 5.74) is 1.54. The molecule has 0 saturated heterocycles. The van der Waals surface area contributed by atoms with Crippen molar-refractivity contribution in [3.05, 3.63) is 53.3 Å². The predicted molar refractivity (Wildman–Crippen MR) is 72.7 cm³/mol. The van der Waals surface area contributed by atoms with Gasteiger partial charge >= 0.3 is 12.1 Å². The fourth-order valence-electron chi connectivity index (χ4n) is 1.77. The maximum Gasteiger partial charge on any atom is 0.412 e. The van der Waals surface area contributed by atoms with Gasteiger partial charge in [0.05, 0.1) is 5.69 Å². The summed E-state index contributed by atoms with van der Waals surface area (Å²) in [6.07, 6.45) is 0.720. The third kappa shape index (κ3) is 3.17. The molecule has 2 rings (SSSR count). The van der Waals surface area contributed by atoms with Gasteiger partial charge in [-0.15, -0.1) is 0 Å². The summed E-state index contributed by atoms with van der Waals surface area (Å²) in [4.78, 5) is 25.4. The lowest BCUT2D eigenvalue weighted by molar-refractivity contribution is 0.0697. The molecule has 0 fully saturated rings. The third-order valence-electron chi connectivity index (χ3n) is 2.74. The first-order chi connectivity index (χ1) is 9.58. The van der Waals surface area contributed by atoms with E-state index in [9.17, 15) is 9.59 Å². The highest BCUT2D eigenvalue weighted by molar-refractivity contribution is 5.99. The molecule has 6 heteroatoms. The highest BCUT2D eigenvalue weighted by Gasteiger charge is 2.17. The molecule has 0 aliphatic heterocycles. The Balaban J connectivity index is 1.97. The average Bonchev–Trinajstić information content (AvgIpc) is 2.78. The standard InChI is InChI=1S/C14H14N2O4/c1-9-12(13(17)18)11(7-15-9)16-14(19)20-8-10-5-3-2-4-6-10/h2-7,15H,8H2,1H3,(H,16,19)(H,17,18). The molecule has 0 radical (unpaired) electrons. The highest BCUT2D eigenvalue weighted by Crippen LogP contribution is 2.19. The van der Waals surface area contributed by atoms with E-state index in [0.717, 1.165) is 5.56 Å². The number of hydrogen-bond donors (Lipinski definition) is 3. The van der Waals surface area contributed by atoms with Crippen LogP contribution in [0.1, 0.15) is 21.6 Å². The first-order valence-corrected chi connectivity index (χ1v) is 5.97. The van der Waals surface area contributed by atoms with Crippen molar-refractivity contribution in [1.82, 2.24) is 4.98 Å². The second-order valence-corrected chi connectivity index (χ2v) is 4.19. The van der Waals surface area contributed by atoms with Crippen LogP contribution in [0.2, 0.25) is 0 Å². The molecule has 0 spiro atoms. The van der Waals surface area contributed by atoms with E-state index in [1.807, 2.05) is 30.3 Å². The Morgan fingerprint density at radius 2 is 2.00 bits per heavy atom. The molecule has 2 aromatic rings. The molecule has 0 aliphatic rings. The number of carbonyl (C=O) groups excluding carboxylic acids is 1. The highest BCUT2D eigenvalue weighted by atomic mass is 16.5. The molecule has 0 bridgehead atoms. The van der Waals surface area contributed by atoms with E-state index in [1.54, 1.807) is 6.92 Å². The van der Waals surface area contributed by atoms with Gasteiger partial charge in [0.1, 0.15) is 12.2 Å². The number of aromatic amines is 1. The van der Waals surface area contributed by atoms with Crippen LogP contribution in [0.5, 0.6) is 0 Å². The van der Waals surface area contributed by atoms with Gasteiger partial charge in [-0.1, -0.05) is 30.3 Å². The fourth-order valence-corrected chi connectivity index (χ4v) is 1.77. The molecular formula is C14H14N2O4. The summed E-state index contributed by atoms with van der Waals surface area (Å²) in [6.45, 7) is 1.74. The van der Waals surface area contributed by atoms with Crippen LogP contribution in [0.15, 0.2) is 36.5 Å². The number of carboxylic acid groups (broad SMARTS) is 1. The normalized spacial score (nSPS) is 10.1. The quantitative estimate of drug-likeness (QED) is 0.799. The number of aromatic nitrogens is 1. The second kappa shape index (κ2) is 5.92. The molecule has 104 valence electrons. The van der Waals surface area contributed by atoms with Gasteiger partial charge in [-0.25, -0.2) is 9.59 Å². The van der Waals surface area contributed by atoms with Crippen molar-refractivity contribution in [3.63, 3.8) is 0 Å². The summed E-state index contributed by atoms with van der Waals surface area (Å²) in [7, 11) is 0. The molecule has 6 nitrogen and oxygen atoms in total. The number of H-pyrrole nitrogens is 1. The molecule has 1 heterocycles. The summed E-state index contributed by atoms with van der Waals surface area (Å²) < 4.78 is 5.02. The third-order valence-corrected chi connectivity index (χ3v) is 2.74. The molecular weight excluding hydrogens is 260 g/mol. The Morgan fingerprint density at radius 3 is 2.65 bits per heavy atom. The minimum atomic E-state index is -1.11. The SMILES string of the molecule is Cc1[nH]cc(NC(=O)OCc2ccccc2)c1C(=O)O. The van der Waals surface area contributed by atoms with E-state index in [-0.39, 0.29) is 17.9 Å². The van der Waals surface area contributed by atoms with E-state index in [2.05, 4.69) is 10.3 Å². The first kappa shape index (κ1) is 13.7. The lowest BCUT2D eigenvalue weighted by atomic mass is 10.2. The average molecular weight is 274 g/mol. The van der Waals surface area contributed by atoms with Crippen molar-refractivity contribution in [1.29, 1.82) is 0 Å². The van der Waals surface area contributed by atoms with Crippen LogP contribution in [0, 0.1) is 6.92 Å². The maximum atomic E-state index is 11.6. The smallest absolute Gasteiger partial charge is 0.412 e. The lowest BCUT2D eigenvalue weighted by Gasteiger charge is -2.06. The molecule has 20 heavy (non-hydrogen) atoms. The fraction of sp³-hybridized carbons (Fsp3) is 0.143. The zero-order chi connectivity index (χ0) is 14.5. The number of aryl methyl sites for hydroxylation is 1. The van der Waals surface area contributed by atoms with Crippen LogP contribution in [0.4, 0.5) is 10.5 Å². The number of hydrogen-bond acceptors (Lipinski definition) is 3. The van der Waals surface area contributed by atoms with Gasteiger partial charge in [0.15, 0.2) is 0 Å². The Kier molecular flexibility index (Phi) is 4.05. The number of carbonyl (C=O) groups is 2. The Labute approximate surface area is 115 Å². The zero-order valence-corrected chi connectivity index (χ0v) is 10.8. The van der Waals surface area contributed by atoms with Crippen LogP contribution in [-0.2, 0) is 11.3 Å². The number of aromatic carboxylic acids is 1. The van der Waals surface area contributed by atoms with Gasteiger partial charge in [0, 0.05) is 11.9 Å². The molecule has 1 aromatic carbocycles. The van der Waals surface area contributed by atoms with Crippen LogP contribution in [-0.4, -0.2) is 22.2 Å². The van der Waals surface area contributed by atoms with Crippen molar-refractivity contribution in [3.8, 4) is 0 Å². The molecule has 0 saturated carbocycles. The molecule has 0 atom stereocenters. The number of nitrogens with one attached hydrogen (secondary N) is 2. The molecule has 1 amide bonds. The van der Waals surface area contributed by atoms with Gasteiger partial charge in [-0.05, 0) is 12.5 Å². The van der Waals surface area contributed by atoms with Crippen molar-refractivity contribution in [2.24, 2.45) is 0 Å². The maximum absolute atomic E-state index is 11.6. The number of ether oxygens (including phenoxy) is 1. The number of carboxylic acids is 1. The van der Waals surface area contributed by atoms with Crippen LogP contribution >= 0.6 is 0 Å². The Hall–Kier alpha value is -2.76. The van der Waals surface area contributed by atoms with E-state index in [1.165, 1.54) is 6.20 Å². The van der Waals surface area contributed by atoms with Gasteiger partial charge < -0.3 is 14.8 Å². The summed E-state index contributed by atoms with van der Waals surface area (Å²) in [5, 5.41) is 11.5. The van der Waals surface area contributed by atoms with Crippen molar-refractivity contribution in [2.45, 2.75) is 13.5 Å².